The average Bonchev–Trinajstić information content (AvgIpc) is 3.04. The first-order valence-corrected chi connectivity index (χ1v) is 6.58. The first-order valence-electron chi connectivity index (χ1n) is 6.58. The van der Waals surface area contributed by atoms with Gasteiger partial charge in [0.25, 0.3) is 5.89 Å². The van der Waals surface area contributed by atoms with Gasteiger partial charge in [0.2, 0.25) is 5.89 Å². The van der Waals surface area contributed by atoms with Gasteiger partial charge in [-0.2, -0.15) is 0 Å². The molecule has 100 valence electrons. The van der Waals surface area contributed by atoms with Crippen LogP contribution in [0.2, 0.25) is 0 Å². The van der Waals surface area contributed by atoms with E-state index in [1.54, 1.807) is 0 Å². The minimum atomic E-state index is -0.136. The summed E-state index contributed by atoms with van der Waals surface area (Å²) >= 11 is 0. The number of aromatic nitrogens is 2. The van der Waals surface area contributed by atoms with Crippen molar-refractivity contribution in [3.05, 3.63) is 41.6 Å². The fourth-order valence-corrected chi connectivity index (χ4v) is 2.23. The minimum Gasteiger partial charge on any atom is -0.480 e. The number of aryl methyl sites for hydroxylation is 1. The molecule has 5 heteroatoms. The van der Waals surface area contributed by atoms with Crippen molar-refractivity contribution in [2.45, 2.75) is 25.4 Å². The summed E-state index contributed by atoms with van der Waals surface area (Å²) in [4.78, 5) is 0. The molecule has 0 amide bonds. The van der Waals surface area contributed by atoms with Crippen molar-refractivity contribution >= 4 is 0 Å². The van der Waals surface area contributed by atoms with Crippen molar-refractivity contribution in [2.75, 3.05) is 13.6 Å². The molecular formula is C14H17N3O2. The molecule has 1 aliphatic heterocycles. The van der Waals surface area contributed by atoms with Crippen LogP contribution in [0.4, 0.5) is 0 Å². The van der Waals surface area contributed by atoms with E-state index in [1.165, 1.54) is 5.56 Å². The normalized spacial score (nSPS) is 17.2. The molecule has 2 heterocycles. The van der Waals surface area contributed by atoms with Gasteiger partial charge in [-0.15, -0.1) is 10.2 Å². The summed E-state index contributed by atoms with van der Waals surface area (Å²) in [6.45, 7) is 0.948. The van der Waals surface area contributed by atoms with E-state index in [2.05, 4.69) is 21.6 Å². The van der Waals surface area contributed by atoms with Crippen LogP contribution < -0.4 is 10.1 Å². The second-order valence-corrected chi connectivity index (χ2v) is 4.66. The molecule has 1 aromatic heterocycles. The fraction of sp³-hybridized carbons (Fsp3) is 0.429. The van der Waals surface area contributed by atoms with Gasteiger partial charge in [-0.05, 0) is 31.6 Å². The lowest BCUT2D eigenvalue weighted by atomic mass is 10.1. The molecule has 1 aromatic carbocycles. The molecule has 5 nitrogen and oxygen atoms in total. The van der Waals surface area contributed by atoms with E-state index in [9.17, 15) is 0 Å². The van der Waals surface area contributed by atoms with Gasteiger partial charge in [0.15, 0.2) is 6.10 Å². The Bertz CT molecular complexity index is 528. The summed E-state index contributed by atoms with van der Waals surface area (Å²) < 4.78 is 11.5. The van der Waals surface area contributed by atoms with E-state index in [4.69, 9.17) is 9.15 Å². The first kappa shape index (κ1) is 12.2. The predicted molar refractivity (Wildman–Crippen MR) is 70.1 cm³/mol. The fourth-order valence-electron chi connectivity index (χ4n) is 2.23. The third kappa shape index (κ3) is 2.61. The maximum Gasteiger partial charge on any atom is 0.257 e. The van der Waals surface area contributed by atoms with Crippen LogP contribution in [0, 0.1) is 0 Å². The highest BCUT2D eigenvalue weighted by Crippen LogP contribution is 2.35. The molecule has 3 rings (SSSR count). The lowest BCUT2D eigenvalue weighted by Gasteiger charge is -2.04. The summed E-state index contributed by atoms with van der Waals surface area (Å²) in [5.74, 6) is 2.18. The van der Waals surface area contributed by atoms with Gasteiger partial charge in [0, 0.05) is 12.8 Å². The van der Waals surface area contributed by atoms with Gasteiger partial charge in [-0.1, -0.05) is 18.2 Å². The van der Waals surface area contributed by atoms with Crippen molar-refractivity contribution in [2.24, 2.45) is 0 Å². The number of nitrogens with zero attached hydrogens (tertiary/aromatic N) is 2. The van der Waals surface area contributed by atoms with Gasteiger partial charge in [0.1, 0.15) is 5.75 Å². The van der Waals surface area contributed by atoms with Gasteiger partial charge < -0.3 is 14.5 Å². The zero-order chi connectivity index (χ0) is 13.1. The molecule has 0 saturated carbocycles. The van der Waals surface area contributed by atoms with E-state index in [0.717, 1.165) is 31.6 Å². The molecule has 2 aromatic rings. The standard InChI is InChI=1S/C14H17N3O2/c1-15-8-4-7-13-16-17-14(19-13)12-9-10-5-2-3-6-11(10)18-12/h2-3,5-6,12,15H,4,7-9H2,1H3. The number of benzene rings is 1. The Morgan fingerprint density at radius 2 is 2.21 bits per heavy atom. The van der Waals surface area contributed by atoms with Crippen LogP contribution in [0.15, 0.2) is 28.7 Å². The molecule has 1 N–H and O–H groups in total. The summed E-state index contributed by atoms with van der Waals surface area (Å²) in [6.07, 6.45) is 2.45. The van der Waals surface area contributed by atoms with Crippen molar-refractivity contribution < 1.29 is 9.15 Å². The summed E-state index contributed by atoms with van der Waals surface area (Å²) in [5.41, 5.74) is 1.20. The van der Waals surface area contributed by atoms with Gasteiger partial charge in [0.05, 0.1) is 0 Å². The zero-order valence-electron chi connectivity index (χ0n) is 10.9. The largest absolute Gasteiger partial charge is 0.480 e. The molecule has 0 radical (unpaired) electrons. The summed E-state index contributed by atoms with van der Waals surface area (Å²) in [7, 11) is 1.93. The van der Waals surface area contributed by atoms with E-state index in [1.807, 2.05) is 25.2 Å². The monoisotopic (exact) mass is 259 g/mol. The quantitative estimate of drug-likeness (QED) is 0.831. The highest BCUT2D eigenvalue weighted by Gasteiger charge is 2.28. The minimum absolute atomic E-state index is 0.136. The first-order chi connectivity index (χ1) is 9.36. The average molecular weight is 259 g/mol. The highest BCUT2D eigenvalue weighted by atomic mass is 16.5. The number of hydrogen-bond donors (Lipinski definition) is 1. The lowest BCUT2D eigenvalue weighted by molar-refractivity contribution is 0.194. The van der Waals surface area contributed by atoms with Crippen LogP contribution in [0.3, 0.4) is 0 Å². The van der Waals surface area contributed by atoms with Crippen molar-refractivity contribution in [1.29, 1.82) is 0 Å². The van der Waals surface area contributed by atoms with Crippen molar-refractivity contribution in [1.82, 2.24) is 15.5 Å². The van der Waals surface area contributed by atoms with Gasteiger partial charge >= 0.3 is 0 Å². The molecule has 1 unspecified atom stereocenters. The SMILES string of the molecule is CNCCCc1nnc(C2Cc3ccccc3O2)o1. The van der Waals surface area contributed by atoms with Crippen LogP contribution in [0.5, 0.6) is 5.75 Å². The lowest BCUT2D eigenvalue weighted by Crippen LogP contribution is -2.08. The third-order valence-corrected chi connectivity index (χ3v) is 3.22. The molecule has 19 heavy (non-hydrogen) atoms. The smallest absolute Gasteiger partial charge is 0.257 e. The number of fused-ring (bicyclic) bond motifs is 1. The Labute approximate surface area is 112 Å². The van der Waals surface area contributed by atoms with Gasteiger partial charge in [-0.3, -0.25) is 0 Å². The van der Waals surface area contributed by atoms with Crippen LogP contribution in [-0.4, -0.2) is 23.8 Å². The number of hydrogen-bond acceptors (Lipinski definition) is 5. The molecule has 1 atom stereocenters. The molecule has 1 aliphatic rings. The van der Waals surface area contributed by atoms with E-state index in [0.29, 0.717) is 11.8 Å². The Kier molecular flexibility index (Phi) is 3.46. The Balaban J connectivity index is 1.65. The molecule has 0 saturated heterocycles. The molecule has 0 fully saturated rings. The van der Waals surface area contributed by atoms with E-state index >= 15 is 0 Å². The zero-order valence-corrected chi connectivity index (χ0v) is 10.9. The Morgan fingerprint density at radius 1 is 1.32 bits per heavy atom. The van der Waals surface area contributed by atoms with E-state index < -0.39 is 0 Å². The number of rotatable bonds is 5. The molecule has 0 bridgehead atoms. The number of nitrogens with one attached hydrogen (secondary N) is 1. The number of ether oxygens (including phenoxy) is 1. The number of para-hydroxylation sites is 1. The van der Waals surface area contributed by atoms with Gasteiger partial charge in [-0.25, -0.2) is 0 Å². The van der Waals surface area contributed by atoms with Crippen LogP contribution >= 0.6 is 0 Å². The molecular weight excluding hydrogens is 242 g/mol. The summed E-state index contributed by atoms with van der Waals surface area (Å²) in [5, 5.41) is 11.3. The van der Waals surface area contributed by atoms with Crippen LogP contribution in [0.25, 0.3) is 0 Å². The summed E-state index contributed by atoms with van der Waals surface area (Å²) in [6, 6.07) is 8.03. The molecule has 0 aliphatic carbocycles. The molecule has 0 spiro atoms. The van der Waals surface area contributed by atoms with Crippen molar-refractivity contribution in [3.63, 3.8) is 0 Å². The van der Waals surface area contributed by atoms with Crippen LogP contribution in [0.1, 0.15) is 29.9 Å². The second-order valence-electron chi connectivity index (χ2n) is 4.66. The third-order valence-electron chi connectivity index (χ3n) is 3.22. The Hall–Kier alpha value is -1.88. The topological polar surface area (TPSA) is 60.2 Å². The second kappa shape index (κ2) is 5.40. The maximum atomic E-state index is 5.82. The predicted octanol–water partition coefficient (Wildman–Crippen LogP) is 1.90. The Morgan fingerprint density at radius 3 is 3.05 bits per heavy atom. The van der Waals surface area contributed by atoms with Crippen LogP contribution in [-0.2, 0) is 12.8 Å². The van der Waals surface area contributed by atoms with E-state index in [-0.39, 0.29) is 6.10 Å². The maximum absolute atomic E-state index is 5.82. The van der Waals surface area contributed by atoms with Crippen molar-refractivity contribution in [3.8, 4) is 5.75 Å². The highest BCUT2D eigenvalue weighted by molar-refractivity contribution is 5.37.